The molecule has 3 rings (SSSR count). The normalized spacial score (nSPS) is 31.2. The fourth-order valence-corrected chi connectivity index (χ4v) is 2.45. The Labute approximate surface area is 113 Å². The van der Waals surface area contributed by atoms with E-state index in [1.54, 1.807) is 16.8 Å². The molecule has 1 aliphatic heterocycles. The lowest BCUT2D eigenvalue weighted by Gasteiger charge is -2.17. The van der Waals surface area contributed by atoms with E-state index in [4.69, 9.17) is 21.4 Å². The van der Waals surface area contributed by atoms with Crippen molar-refractivity contribution in [3.8, 4) is 0 Å². The topological polar surface area (TPSA) is 101 Å². The van der Waals surface area contributed by atoms with Gasteiger partial charge >= 0.3 is 0 Å². The number of nitrogens with zero attached hydrogens (tertiary/aromatic N) is 3. The van der Waals surface area contributed by atoms with E-state index in [0.717, 1.165) is 0 Å². The Morgan fingerprint density at radius 2 is 2.11 bits per heavy atom. The Kier molecular flexibility index (Phi) is 3.15. The second-order valence-electron chi connectivity index (χ2n) is 4.35. The molecule has 8 heteroatoms. The molecule has 1 aliphatic rings. The lowest BCUT2D eigenvalue weighted by Crippen LogP contribution is -2.33. The summed E-state index contributed by atoms with van der Waals surface area (Å²) < 4.78 is 7.00. The highest BCUT2D eigenvalue weighted by atomic mass is 35.5. The first-order valence-electron chi connectivity index (χ1n) is 5.73. The number of aliphatic hydroxyl groups is 3. The van der Waals surface area contributed by atoms with Crippen LogP contribution in [0.25, 0.3) is 11.0 Å². The zero-order chi connectivity index (χ0) is 13.6. The number of fused-ring (bicyclic) bond motifs is 1. The van der Waals surface area contributed by atoms with Crippen molar-refractivity contribution in [3.05, 3.63) is 23.7 Å². The molecule has 0 radical (unpaired) electrons. The highest BCUT2D eigenvalue weighted by Gasteiger charge is 2.43. The largest absolute Gasteiger partial charge is 0.394 e. The standard InChI is InChI=1S/C11H12ClN3O4/c12-9-5-1-2-15(10(5)14-4-13-9)11-8(18)7(17)6(3-16)19-11/h1-2,4,6-8,11,16-18H,3H2/t6-,7?,8?,11+/m1/s1. The van der Waals surface area contributed by atoms with Crippen molar-refractivity contribution in [1.82, 2.24) is 14.5 Å². The van der Waals surface area contributed by atoms with Crippen LogP contribution in [-0.2, 0) is 4.74 Å². The van der Waals surface area contributed by atoms with Crippen molar-refractivity contribution >= 4 is 22.6 Å². The van der Waals surface area contributed by atoms with Crippen LogP contribution >= 0.6 is 11.6 Å². The van der Waals surface area contributed by atoms with Crippen LogP contribution in [0, 0.1) is 0 Å². The molecule has 0 aliphatic carbocycles. The molecule has 1 saturated heterocycles. The van der Waals surface area contributed by atoms with Gasteiger partial charge in [-0.2, -0.15) is 0 Å². The van der Waals surface area contributed by atoms with Gasteiger partial charge in [0.15, 0.2) is 6.23 Å². The van der Waals surface area contributed by atoms with Gasteiger partial charge in [-0.15, -0.1) is 0 Å². The molecule has 7 nitrogen and oxygen atoms in total. The first-order chi connectivity index (χ1) is 9.13. The Hall–Kier alpha value is -1.25. The second-order valence-corrected chi connectivity index (χ2v) is 4.71. The number of rotatable bonds is 2. The van der Waals surface area contributed by atoms with Crippen LogP contribution in [0.4, 0.5) is 0 Å². The van der Waals surface area contributed by atoms with E-state index in [0.29, 0.717) is 16.2 Å². The van der Waals surface area contributed by atoms with E-state index in [9.17, 15) is 10.2 Å². The van der Waals surface area contributed by atoms with Gasteiger partial charge in [-0.1, -0.05) is 11.6 Å². The number of aliphatic hydroxyl groups excluding tert-OH is 3. The molecule has 1 fully saturated rings. The summed E-state index contributed by atoms with van der Waals surface area (Å²) in [6.07, 6.45) is -0.995. The number of aromatic nitrogens is 3. The summed E-state index contributed by atoms with van der Waals surface area (Å²) in [5.41, 5.74) is 0.495. The summed E-state index contributed by atoms with van der Waals surface area (Å²) in [5.74, 6) is 0. The lowest BCUT2D eigenvalue weighted by atomic mass is 10.1. The van der Waals surface area contributed by atoms with E-state index in [1.807, 2.05) is 0 Å². The number of hydrogen-bond donors (Lipinski definition) is 3. The fraction of sp³-hybridized carbons (Fsp3) is 0.455. The van der Waals surface area contributed by atoms with Gasteiger partial charge in [0.05, 0.1) is 12.0 Å². The number of halogens is 1. The Balaban J connectivity index is 2.04. The molecule has 0 amide bonds. The van der Waals surface area contributed by atoms with Crippen LogP contribution in [-0.4, -0.2) is 54.8 Å². The van der Waals surface area contributed by atoms with Crippen molar-refractivity contribution < 1.29 is 20.1 Å². The third-order valence-corrected chi connectivity index (χ3v) is 3.55. The number of hydrogen-bond acceptors (Lipinski definition) is 6. The van der Waals surface area contributed by atoms with Crippen LogP contribution in [0.2, 0.25) is 5.15 Å². The molecule has 4 atom stereocenters. The van der Waals surface area contributed by atoms with Gasteiger partial charge in [0.1, 0.15) is 35.4 Å². The van der Waals surface area contributed by atoms with Crippen LogP contribution in [0.5, 0.6) is 0 Å². The smallest absolute Gasteiger partial charge is 0.164 e. The van der Waals surface area contributed by atoms with E-state index in [2.05, 4.69) is 9.97 Å². The monoisotopic (exact) mass is 285 g/mol. The van der Waals surface area contributed by atoms with Crippen molar-refractivity contribution in [2.75, 3.05) is 6.61 Å². The first kappa shape index (κ1) is 12.8. The van der Waals surface area contributed by atoms with Crippen molar-refractivity contribution in [1.29, 1.82) is 0 Å². The van der Waals surface area contributed by atoms with E-state index >= 15 is 0 Å². The van der Waals surface area contributed by atoms with E-state index in [-0.39, 0.29) is 6.61 Å². The average molecular weight is 286 g/mol. The molecular formula is C11H12ClN3O4. The molecule has 3 heterocycles. The van der Waals surface area contributed by atoms with Gasteiger partial charge in [0.25, 0.3) is 0 Å². The van der Waals surface area contributed by atoms with Crippen LogP contribution in [0.15, 0.2) is 18.6 Å². The van der Waals surface area contributed by atoms with Crippen LogP contribution in [0.3, 0.4) is 0 Å². The SMILES string of the molecule is OC[C@H]1O[C@H](n2ccc3c(Cl)ncnc32)C(O)C1O. The average Bonchev–Trinajstić information content (AvgIpc) is 2.94. The predicted molar refractivity (Wildman–Crippen MR) is 65.5 cm³/mol. The van der Waals surface area contributed by atoms with Crippen molar-refractivity contribution in [2.24, 2.45) is 0 Å². The Morgan fingerprint density at radius 1 is 1.32 bits per heavy atom. The lowest BCUT2D eigenvalue weighted by molar-refractivity contribution is -0.0508. The molecule has 0 saturated carbocycles. The first-order valence-corrected chi connectivity index (χ1v) is 6.10. The van der Waals surface area contributed by atoms with Crippen LogP contribution < -0.4 is 0 Å². The summed E-state index contributed by atoms with van der Waals surface area (Å²) in [6.45, 7) is -0.371. The summed E-state index contributed by atoms with van der Waals surface area (Å²) in [6, 6.07) is 1.70. The molecule has 0 spiro atoms. The van der Waals surface area contributed by atoms with Crippen LogP contribution in [0.1, 0.15) is 6.23 Å². The fourth-order valence-electron chi connectivity index (χ4n) is 2.26. The highest BCUT2D eigenvalue weighted by Crippen LogP contribution is 2.32. The molecule has 2 aromatic rings. The van der Waals surface area contributed by atoms with Gasteiger partial charge in [-0.3, -0.25) is 0 Å². The maximum atomic E-state index is 9.98. The summed E-state index contributed by atoms with van der Waals surface area (Å²) in [5, 5.41) is 29.7. The molecule has 3 N–H and O–H groups in total. The summed E-state index contributed by atoms with van der Waals surface area (Å²) in [7, 11) is 0. The van der Waals surface area contributed by atoms with Crippen molar-refractivity contribution in [2.45, 2.75) is 24.5 Å². The minimum Gasteiger partial charge on any atom is -0.394 e. The van der Waals surface area contributed by atoms with Gasteiger partial charge in [-0.05, 0) is 6.07 Å². The molecule has 19 heavy (non-hydrogen) atoms. The zero-order valence-corrected chi connectivity index (χ0v) is 10.5. The maximum Gasteiger partial charge on any atom is 0.164 e. The Morgan fingerprint density at radius 3 is 2.79 bits per heavy atom. The zero-order valence-electron chi connectivity index (χ0n) is 9.72. The number of ether oxygens (including phenoxy) is 1. The minimum absolute atomic E-state index is 0.301. The quantitative estimate of drug-likeness (QED) is 0.655. The molecule has 0 bridgehead atoms. The van der Waals surface area contributed by atoms with Gasteiger partial charge in [0.2, 0.25) is 0 Å². The maximum absolute atomic E-state index is 9.98. The summed E-state index contributed by atoms with van der Waals surface area (Å²) in [4.78, 5) is 7.95. The molecular weight excluding hydrogens is 274 g/mol. The van der Waals surface area contributed by atoms with Crippen molar-refractivity contribution in [3.63, 3.8) is 0 Å². The van der Waals surface area contributed by atoms with Gasteiger partial charge < -0.3 is 24.6 Å². The molecule has 102 valence electrons. The summed E-state index contributed by atoms with van der Waals surface area (Å²) >= 11 is 5.94. The minimum atomic E-state index is -1.15. The predicted octanol–water partition coefficient (Wildman–Crippen LogP) is -0.304. The third kappa shape index (κ3) is 1.90. The highest BCUT2D eigenvalue weighted by molar-refractivity contribution is 6.33. The van der Waals surface area contributed by atoms with E-state index < -0.39 is 24.5 Å². The molecule has 2 aromatic heterocycles. The van der Waals surface area contributed by atoms with Gasteiger partial charge in [-0.25, -0.2) is 9.97 Å². The molecule has 2 unspecified atom stereocenters. The van der Waals surface area contributed by atoms with E-state index in [1.165, 1.54) is 6.33 Å². The second kappa shape index (κ2) is 4.69. The molecule has 0 aromatic carbocycles. The Bertz CT molecular complexity index is 605. The third-order valence-electron chi connectivity index (χ3n) is 3.25. The van der Waals surface area contributed by atoms with Gasteiger partial charge in [0, 0.05) is 6.20 Å².